The van der Waals surface area contributed by atoms with Gasteiger partial charge in [-0.05, 0) is 36.4 Å². The van der Waals surface area contributed by atoms with Crippen molar-refractivity contribution in [2.75, 3.05) is 26.7 Å². The Morgan fingerprint density at radius 2 is 1.74 bits per heavy atom. The molecule has 3 rings (SSSR count). The Morgan fingerprint density at radius 1 is 1.10 bits per heavy atom. The van der Waals surface area contributed by atoms with Gasteiger partial charge in [0, 0.05) is 38.5 Å². The molecular weight excluding hydrogens is 518 g/mol. The monoisotopic (exact) mass is 543 g/mol. The van der Waals surface area contributed by atoms with Crippen molar-refractivity contribution in [1.29, 1.82) is 0 Å². The molecule has 4 nitrogen and oxygen atoms in total. The molecular formula is C23H25F3IN3O. The van der Waals surface area contributed by atoms with Crippen LogP contribution in [0.2, 0.25) is 0 Å². The molecule has 1 fully saturated rings. The summed E-state index contributed by atoms with van der Waals surface area (Å²) in [6.07, 6.45) is -2.36. The van der Waals surface area contributed by atoms with Gasteiger partial charge in [0.2, 0.25) is 0 Å². The summed E-state index contributed by atoms with van der Waals surface area (Å²) >= 11 is 0. The van der Waals surface area contributed by atoms with Crippen LogP contribution in [-0.4, -0.2) is 43.6 Å². The average Bonchev–Trinajstić information content (AvgIpc) is 2.75. The fourth-order valence-electron chi connectivity index (χ4n) is 3.22. The van der Waals surface area contributed by atoms with E-state index >= 15 is 0 Å². The number of nitrogens with one attached hydrogen (secondary N) is 1. The second-order valence-electron chi connectivity index (χ2n) is 6.89. The molecule has 1 aliphatic heterocycles. The molecule has 2 aromatic rings. The molecule has 1 heterocycles. The molecule has 2 aromatic carbocycles. The second kappa shape index (κ2) is 11.8. The predicted octanol–water partition coefficient (Wildman–Crippen LogP) is 4.79. The van der Waals surface area contributed by atoms with Crippen LogP contribution in [0.5, 0.6) is 5.75 Å². The number of para-hydroxylation sites is 1. The first-order valence-corrected chi connectivity index (χ1v) is 9.79. The minimum Gasteiger partial charge on any atom is -0.490 e. The summed E-state index contributed by atoms with van der Waals surface area (Å²) in [6, 6.07) is 14.6. The lowest BCUT2D eigenvalue weighted by Crippen LogP contribution is -2.47. The summed E-state index contributed by atoms with van der Waals surface area (Å²) in [5.41, 5.74) is -0.134. The third kappa shape index (κ3) is 7.65. The van der Waals surface area contributed by atoms with Crippen LogP contribution < -0.4 is 10.1 Å². The van der Waals surface area contributed by atoms with Crippen molar-refractivity contribution in [2.24, 2.45) is 4.99 Å². The first-order chi connectivity index (χ1) is 14.5. The number of halogens is 4. The van der Waals surface area contributed by atoms with Crippen LogP contribution in [0.15, 0.2) is 59.6 Å². The predicted molar refractivity (Wildman–Crippen MR) is 127 cm³/mol. The Kier molecular flexibility index (Phi) is 9.49. The molecule has 0 aromatic heterocycles. The van der Waals surface area contributed by atoms with E-state index in [0.717, 1.165) is 49.8 Å². The van der Waals surface area contributed by atoms with E-state index in [1.807, 2.05) is 30.3 Å². The minimum atomic E-state index is -4.33. The Balaban J connectivity index is 0.00000341. The van der Waals surface area contributed by atoms with Crippen molar-refractivity contribution < 1.29 is 17.9 Å². The van der Waals surface area contributed by atoms with E-state index in [1.54, 1.807) is 7.05 Å². The molecule has 0 unspecified atom stereocenters. The quantitative estimate of drug-likeness (QED) is 0.262. The number of piperidine rings is 1. The van der Waals surface area contributed by atoms with Crippen LogP contribution in [0, 0.1) is 11.8 Å². The summed E-state index contributed by atoms with van der Waals surface area (Å²) < 4.78 is 43.8. The number of rotatable bonds is 3. The summed E-state index contributed by atoms with van der Waals surface area (Å²) in [6.45, 7) is 2.00. The Hall–Kier alpha value is -2.41. The van der Waals surface area contributed by atoms with E-state index in [-0.39, 0.29) is 30.1 Å². The fourth-order valence-corrected chi connectivity index (χ4v) is 3.22. The van der Waals surface area contributed by atoms with Gasteiger partial charge in [-0.1, -0.05) is 30.0 Å². The van der Waals surface area contributed by atoms with Gasteiger partial charge in [-0.15, -0.1) is 24.0 Å². The Labute approximate surface area is 197 Å². The number of benzene rings is 2. The maximum absolute atomic E-state index is 12.6. The van der Waals surface area contributed by atoms with Crippen molar-refractivity contribution in [3.63, 3.8) is 0 Å². The third-order valence-electron chi connectivity index (χ3n) is 4.78. The van der Waals surface area contributed by atoms with Crippen LogP contribution in [-0.2, 0) is 6.18 Å². The number of alkyl halides is 3. The third-order valence-corrected chi connectivity index (χ3v) is 4.78. The molecule has 0 amide bonds. The van der Waals surface area contributed by atoms with E-state index < -0.39 is 11.7 Å². The van der Waals surface area contributed by atoms with E-state index in [9.17, 15) is 13.2 Å². The molecule has 0 radical (unpaired) electrons. The topological polar surface area (TPSA) is 36.9 Å². The average molecular weight is 543 g/mol. The van der Waals surface area contributed by atoms with E-state index in [1.165, 1.54) is 12.1 Å². The molecule has 31 heavy (non-hydrogen) atoms. The summed E-state index contributed by atoms with van der Waals surface area (Å²) in [5.74, 6) is 7.44. The smallest absolute Gasteiger partial charge is 0.416 e. The summed E-state index contributed by atoms with van der Waals surface area (Å²) in [5, 5.41) is 3.19. The Morgan fingerprint density at radius 3 is 2.32 bits per heavy atom. The van der Waals surface area contributed by atoms with Crippen molar-refractivity contribution in [3.05, 3.63) is 65.7 Å². The van der Waals surface area contributed by atoms with Gasteiger partial charge in [-0.2, -0.15) is 13.2 Å². The van der Waals surface area contributed by atoms with Gasteiger partial charge in [0.05, 0.1) is 12.1 Å². The molecule has 0 aliphatic carbocycles. The molecule has 0 spiro atoms. The minimum absolute atomic E-state index is 0. The summed E-state index contributed by atoms with van der Waals surface area (Å²) in [4.78, 5) is 6.46. The zero-order valence-electron chi connectivity index (χ0n) is 17.2. The largest absolute Gasteiger partial charge is 0.490 e. The van der Waals surface area contributed by atoms with Gasteiger partial charge < -0.3 is 15.0 Å². The van der Waals surface area contributed by atoms with Crippen molar-refractivity contribution in [1.82, 2.24) is 10.2 Å². The van der Waals surface area contributed by atoms with E-state index in [4.69, 9.17) is 4.74 Å². The molecule has 0 bridgehead atoms. The van der Waals surface area contributed by atoms with Gasteiger partial charge in [0.25, 0.3) is 0 Å². The normalized spacial score (nSPS) is 14.8. The number of aliphatic imine (C=N–C) groups is 1. The lowest BCUT2D eigenvalue weighted by atomic mass is 10.1. The standard InChI is InChI=1S/C23H24F3N3O.HI/c1-27-22(28-15-5-6-18-9-11-19(12-10-18)23(24,25)26)29-16-13-21(14-17-29)30-20-7-3-2-4-8-20;/h2-4,7-12,21H,13-17H2,1H3,(H,27,28);1H. The van der Waals surface area contributed by atoms with Crippen LogP contribution in [0.4, 0.5) is 13.2 Å². The molecule has 166 valence electrons. The maximum Gasteiger partial charge on any atom is 0.416 e. The number of nitrogens with zero attached hydrogens (tertiary/aromatic N) is 2. The zero-order valence-corrected chi connectivity index (χ0v) is 19.5. The van der Waals surface area contributed by atoms with Crippen molar-refractivity contribution in [2.45, 2.75) is 25.1 Å². The number of likely N-dealkylation sites (tertiary alicyclic amines) is 1. The molecule has 0 atom stereocenters. The highest BCUT2D eigenvalue weighted by molar-refractivity contribution is 14.0. The molecule has 1 saturated heterocycles. The first-order valence-electron chi connectivity index (χ1n) is 9.79. The highest BCUT2D eigenvalue weighted by Crippen LogP contribution is 2.28. The van der Waals surface area contributed by atoms with Gasteiger partial charge in [-0.3, -0.25) is 4.99 Å². The highest BCUT2D eigenvalue weighted by atomic mass is 127. The van der Waals surface area contributed by atoms with Gasteiger partial charge in [-0.25, -0.2) is 0 Å². The number of hydrogen-bond donors (Lipinski definition) is 1. The fraction of sp³-hybridized carbons (Fsp3) is 0.348. The Bertz CT molecular complexity index is 898. The number of guanidine groups is 1. The van der Waals surface area contributed by atoms with Crippen LogP contribution in [0.25, 0.3) is 0 Å². The second-order valence-corrected chi connectivity index (χ2v) is 6.89. The number of hydrogen-bond acceptors (Lipinski definition) is 2. The van der Waals surface area contributed by atoms with Crippen LogP contribution in [0.3, 0.4) is 0 Å². The van der Waals surface area contributed by atoms with Crippen molar-refractivity contribution in [3.8, 4) is 17.6 Å². The van der Waals surface area contributed by atoms with Gasteiger partial charge in [0.15, 0.2) is 5.96 Å². The van der Waals surface area contributed by atoms with Crippen LogP contribution >= 0.6 is 24.0 Å². The van der Waals surface area contributed by atoms with Gasteiger partial charge >= 0.3 is 6.18 Å². The number of ether oxygens (including phenoxy) is 1. The van der Waals surface area contributed by atoms with Gasteiger partial charge in [0.1, 0.15) is 11.9 Å². The first kappa shape index (κ1) is 24.9. The lowest BCUT2D eigenvalue weighted by molar-refractivity contribution is -0.137. The lowest BCUT2D eigenvalue weighted by Gasteiger charge is -2.34. The van der Waals surface area contributed by atoms with Crippen molar-refractivity contribution >= 4 is 29.9 Å². The molecule has 8 heteroatoms. The summed E-state index contributed by atoms with van der Waals surface area (Å²) in [7, 11) is 1.72. The maximum atomic E-state index is 12.6. The molecule has 1 aliphatic rings. The van der Waals surface area contributed by atoms with E-state index in [2.05, 4.69) is 27.0 Å². The van der Waals surface area contributed by atoms with E-state index in [0.29, 0.717) is 12.1 Å². The van der Waals surface area contributed by atoms with Crippen LogP contribution in [0.1, 0.15) is 24.0 Å². The highest BCUT2D eigenvalue weighted by Gasteiger charge is 2.29. The molecule has 0 saturated carbocycles. The zero-order chi connectivity index (χ0) is 21.4. The molecule has 1 N–H and O–H groups in total. The SMILES string of the molecule is CN=C(NCC#Cc1ccc(C(F)(F)F)cc1)N1CCC(Oc2ccccc2)CC1.I.